The predicted molar refractivity (Wildman–Crippen MR) is 109 cm³/mol. The molecule has 0 aliphatic rings. The van der Waals surface area contributed by atoms with Crippen LogP contribution < -0.4 is 10.9 Å². The molecule has 7 heteroatoms. The summed E-state index contributed by atoms with van der Waals surface area (Å²) in [5, 5.41) is 7.16. The van der Waals surface area contributed by atoms with Gasteiger partial charge in [-0.25, -0.2) is 0 Å². The third-order valence-electron chi connectivity index (χ3n) is 4.51. The van der Waals surface area contributed by atoms with Crippen LogP contribution in [0.4, 0.5) is 0 Å². The highest BCUT2D eigenvalue weighted by molar-refractivity contribution is 5.76. The molecular formula is C21H23N5O2. The Morgan fingerprint density at radius 2 is 1.96 bits per heavy atom. The normalized spacial score (nSPS) is 10.8. The van der Waals surface area contributed by atoms with Gasteiger partial charge in [-0.05, 0) is 13.3 Å². The number of amides is 1. The van der Waals surface area contributed by atoms with Crippen molar-refractivity contribution < 1.29 is 4.79 Å². The standard InChI is InChI=1S/C21H23N5O2/c1-4-13-22-18(27)12-11-17-15(3)25(14-5-2)21-23-19(24-26(21)20(17)28)16-9-7-6-8-10-16/h4-10H,1-2,11-14H2,3H3,(H,22,27). The van der Waals surface area contributed by atoms with E-state index in [0.29, 0.717) is 36.7 Å². The second-order valence-corrected chi connectivity index (χ2v) is 6.37. The van der Waals surface area contributed by atoms with Gasteiger partial charge in [0.2, 0.25) is 11.7 Å². The first-order valence-corrected chi connectivity index (χ1v) is 9.09. The molecule has 2 heterocycles. The molecule has 1 N–H and O–H groups in total. The third kappa shape index (κ3) is 3.78. The highest BCUT2D eigenvalue weighted by atomic mass is 16.1. The summed E-state index contributed by atoms with van der Waals surface area (Å²) >= 11 is 0. The minimum absolute atomic E-state index is 0.127. The van der Waals surface area contributed by atoms with Gasteiger partial charge >= 0.3 is 0 Å². The Kier molecular flexibility index (Phi) is 5.84. The van der Waals surface area contributed by atoms with Crippen molar-refractivity contribution >= 4 is 11.7 Å². The Balaban J connectivity index is 2.07. The van der Waals surface area contributed by atoms with Crippen LogP contribution in [-0.4, -0.2) is 31.6 Å². The quantitative estimate of drug-likeness (QED) is 0.611. The van der Waals surface area contributed by atoms with Crippen molar-refractivity contribution in [3.05, 3.63) is 77.3 Å². The monoisotopic (exact) mass is 377 g/mol. The van der Waals surface area contributed by atoms with Crippen LogP contribution in [0.5, 0.6) is 0 Å². The molecule has 28 heavy (non-hydrogen) atoms. The van der Waals surface area contributed by atoms with Gasteiger partial charge in [-0.15, -0.1) is 18.3 Å². The van der Waals surface area contributed by atoms with E-state index in [1.165, 1.54) is 4.52 Å². The van der Waals surface area contributed by atoms with E-state index in [9.17, 15) is 9.59 Å². The predicted octanol–water partition coefficient (Wildman–Crippen LogP) is 2.29. The molecule has 0 radical (unpaired) electrons. The third-order valence-corrected chi connectivity index (χ3v) is 4.51. The summed E-state index contributed by atoms with van der Waals surface area (Å²) < 4.78 is 3.21. The van der Waals surface area contributed by atoms with E-state index in [1.54, 1.807) is 12.2 Å². The highest BCUT2D eigenvalue weighted by Gasteiger charge is 2.18. The number of benzene rings is 1. The molecule has 0 saturated carbocycles. The molecule has 0 aliphatic heterocycles. The fourth-order valence-electron chi connectivity index (χ4n) is 3.07. The van der Waals surface area contributed by atoms with Crippen LogP contribution in [0.25, 0.3) is 17.2 Å². The van der Waals surface area contributed by atoms with Gasteiger partial charge in [0.1, 0.15) is 0 Å². The molecule has 0 spiro atoms. The molecule has 144 valence electrons. The first-order valence-electron chi connectivity index (χ1n) is 9.09. The number of hydrogen-bond acceptors (Lipinski definition) is 4. The highest BCUT2D eigenvalue weighted by Crippen LogP contribution is 2.17. The molecule has 7 nitrogen and oxygen atoms in total. The van der Waals surface area contributed by atoms with E-state index in [1.807, 2.05) is 41.8 Å². The van der Waals surface area contributed by atoms with Gasteiger partial charge in [-0.2, -0.15) is 9.50 Å². The number of allylic oxidation sites excluding steroid dienone is 1. The van der Waals surface area contributed by atoms with Crippen LogP contribution in [0.2, 0.25) is 0 Å². The van der Waals surface area contributed by atoms with Crippen LogP contribution in [0.1, 0.15) is 17.7 Å². The van der Waals surface area contributed by atoms with E-state index < -0.39 is 0 Å². The SMILES string of the molecule is C=CCNC(=O)CCc1c(C)n(CC=C)c2nc(-c3ccccc3)nn2c1=O. The average molecular weight is 377 g/mol. The maximum Gasteiger partial charge on any atom is 0.279 e. The lowest BCUT2D eigenvalue weighted by Gasteiger charge is -2.13. The number of hydrogen-bond donors (Lipinski definition) is 1. The zero-order valence-electron chi connectivity index (χ0n) is 15.9. The summed E-state index contributed by atoms with van der Waals surface area (Å²) in [6.07, 6.45) is 3.90. The number of fused-ring (bicyclic) bond motifs is 1. The van der Waals surface area contributed by atoms with Gasteiger partial charge in [0, 0.05) is 36.3 Å². The van der Waals surface area contributed by atoms with Crippen LogP contribution in [0, 0.1) is 6.92 Å². The first-order chi connectivity index (χ1) is 13.6. The van der Waals surface area contributed by atoms with Gasteiger partial charge in [-0.1, -0.05) is 42.5 Å². The van der Waals surface area contributed by atoms with Crippen molar-refractivity contribution in [3.63, 3.8) is 0 Å². The van der Waals surface area contributed by atoms with Crippen LogP contribution in [-0.2, 0) is 17.8 Å². The summed E-state index contributed by atoms with van der Waals surface area (Å²) in [4.78, 5) is 29.6. The zero-order valence-corrected chi connectivity index (χ0v) is 15.9. The molecule has 3 rings (SSSR count). The maximum atomic E-state index is 13.1. The van der Waals surface area contributed by atoms with E-state index in [2.05, 4.69) is 28.6 Å². The van der Waals surface area contributed by atoms with Crippen LogP contribution in [0.3, 0.4) is 0 Å². The fraction of sp³-hybridized carbons (Fsp3) is 0.238. The molecule has 0 atom stereocenters. The van der Waals surface area contributed by atoms with Crippen molar-refractivity contribution in [1.82, 2.24) is 24.5 Å². The number of rotatable bonds is 8. The van der Waals surface area contributed by atoms with Gasteiger partial charge in [0.15, 0.2) is 5.82 Å². The number of carbonyl (C=O) groups excluding carboxylic acids is 1. The number of nitrogens with zero attached hydrogens (tertiary/aromatic N) is 4. The second kappa shape index (κ2) is 8.47. The Hall–Kier alpha value is -3.48. The Labute approximate surface area is 163 Å². The largest absolute Gasteiger partial charge is 0.353 e. The van der Waals surface area contributed by atoms with E-state index >= 15 is 0 Å². The molecule has 2 aromatic heterocycles. The van der Waals surface area contributed by atoms with Crippen molar-refractivity contribution in [2.24, 2.45) is 0 Å². The lowest BCUT2D eigenvalue weighted by atomic mass is 10.1. The van der Waals surface area contributed by atoms with Gasteiger partial charge in [0.05, 0.1) is 0 Å². The van der Waals surface area contributed by atoms with Gasteiger partial charge in [0.25, 0.3) is 5.56 Å². The average Bonchev–Trinajstić information content (AvgIpc) is 3.15. The van der Waals surface area contributed by atoms with Crippen LogP contribution >= 0.6 is 0 Å². The van der Waals surface area contributed by atoms with E-state index in [0.717, 1.165) is 11.3 Å². The molecular weight excluding hydrogens is 354 g/mol. The van der Waals surface area contributed by atoms with Crippen LogP contribution in [0.15, 0.2) is 60.4 Å². The smallest absolute Gasteiger partial charge is 0.279 e. The van der Waals surface area contributed by atoms with Gasteiger partial charge in [-0.3, -0.25) is 9.59 Å². The molecule has 3 aromatic rings. The summed E-state index contributed by atoms with van der Waals surface area (Å²) in [7, 11) is 0. The summed E-state index contributed by atoms with van der Waals surface area (Å²) in [5.74, 6) is 0.814. The fourth-order valence-corrected chi connectivity index (χ4v) is 3.07. The Bertz CT molecular complexity index is 1080. The molecule has 0 unspecified atom stereocenters. The summed E-state index contributed by atoms with van der Waals surface area (Å²) in [6.45, 7) is 10.1. The van der Waals surface area contributed by atoms with Crippen molar-refractivity contribution in [1.29, 1.82) is 0 Å². The first kappa shape index (κ1) is 19.3. The zero-order chi connectivity index (χ0) is 20.1. The minimum atomic E-state index is -0.251. The Morgan fingerprint density at radius 1 is 1.21 bits per heavy atom. The van der Waals surface area contributed by atoms with E-state index in [-0.39, 0.29) is 17.9 Å². The summed E-state index contributed by atoms with van der Waals surface area (Å²) in [5.41, 5.74) is 1.89. The lowest BCUT2D eigenvalue weighted by molar-refractivity contribution is -0.120. The van der Waals surface area contributed by atoms with Crippen molar-refractivity contribution in [2.75, 3.05) is 6.54 Å². The second-order valence-electron chi connectivity index (χ2n) is 6.37. The summed E-state index contributed by atoms with van der Waals surface area (Å²) in [6, 6.07) is 9.50. The molecule has 0 aliphatic carbocycles. The number of nitrogens with one attached hydrogen (secondary N) is 1. The molecule has 0 saturated heterocycles. The number of carbonyl (C=O) groups is 1. The Morgan fingerprint density at radius 3 is 2.64 bits per heavy atom. The molecule has 1 aromatic carbocycles. The van der Waals surface area contributed by atoms with E-state index in [4.69, 9.17) is 0 Å². The molecule has 0 bridgehead atoms. The minimum Gasteiger partial charge on any atom is -0.353 e. The topological polar surface area (TPSA) is 81.3 Å². The molecule has 0 fully saturated rings. The number of aromatic nitrogens is 4. The van der Waals surface area contributed by atoms with Crippen molar-refractivity contribution in [2.45, 2.75) is 26.3 Å². The maximum absolute atomic E-state index is 13.1. The molecule has 1 amide bonds. The van der Waals surface area contributed by atoms with Gasteiger partial charge < -0.3 is 9.88 Å². The van der Waals surface area contributed by atoms with Crippen molar-refractivity contribution in [3.8, 4) is 11.4 Å². The lowest BCUT2D eigenvalue weighted by Crippen LogP contribution is -2.28.